The SMILES string of the molecule is NC12CC(CN3CCN4c5cc(-c6ccccc6O)nnc5NC[C@H]4C3)(C1)C2. The summed E-state index contributed by atoms with van der Waals surface area (Å²) in [6.07, 6.45) is 3.64. The Morgan fingerprint density at radius 1 is 1.18 bits per heavy atom. The van der Waals surface area contributed by atoms with Crippen molar-refractivity contribution in [2.75, 3.05) is 42.9 Å². The Kier molecular flexibility index (Phi) is 3.30. The van der Waals surface area contributed by atoms with Crippen LogP contribution in [0.4, 0.5) is 11.5 Å². The van der Waals surface area contributed by atoms with Crippen molar-refractivity contribution in [2.45, 2.75) is 30.8 Å². The molecule has 1 saturated heterocycles. The fraction of sp³-hybridized carbons (Fsp3) is 0.524. The number of rotatable bonds is 3. The predicted molar refractivity (Wildman–Crippen MR) is 108 cm³/mol. The molecule has 2 aliphatic heterocycles. The van der Waals surface area contributed by atoms with E-state index < -0.39 is 0 Å². The summed E-state index contributed by atoms with van der Waals surface area (Å²) in [6, 6.07) is 9.79. The van der Waals surface area contributed by atoms with Crippen LogP contribution in [0.15, 0.2) is 30.3 Å². The highest BCUT2D eigenvalue weighted by Gasteiger charge is 2.65. The first-order valence-electron chi connectivity index (χ1n) is 10.2. The van der Waals surface area contributed by atoms with Crippen molar-refractivity contribution < 1.29 is 5.11 Å². The van der Waals surface area contributed by atoms with Gasteiger partial charge >= 0.3 is 0 Å². The van der Waals surface area contributed by atoms with Crippen LogP contribution >= 0.6 is 0 Å². The van der Waals surface area contributed by atoms with Gasteiger partial charge in [0.15, 0.2) is 5.82 Å². The van der Waals surface area contributed by atoms with Crippen LogP contribution < -0.4 is 16.0 Å². The Morgan fingerprint density at radius 2 is 2.00 bits per heavy atom. The number of aromatic nitrogens is 2. The van der Waals surface area contributed by atoms with Crippen LogP contribution in [-0.4, -0.2) is 64.5 Å². The molecule has 0 spiro atoms. The Balaban J connectivity index is 1.22. The molecule has 3 heterocycles. The third kappa shape index (κ3) is 2.42. The van der Waals surface area contributed by atoms with Gasteiger partial charge in [0.2, 0.25) is 0 Å². The molecule has 0 amide bonds. The normalized spacial score (nSPS) is 33.2. The van der Waals surface area contributed by atoms with Crippen LogP contribution in [0.25, 0.3) is 11.3 Å². The number of hydrogen-bond donors (Lipinski definition) is 3. The maximum atomic E-state index is 10.2. The van der Waals surface area contributed by atoms with E-state index in [4.69, 9.17) is 5.73 Å². The quantitative estimate of drug-likeness (QED) is 0.748. The maximum absolute atomic E-state index is 10.2. The van der Waals surface area contributed by atoms with Crippen LogP contribution in [-0.2, 0) is 0 Å². The van der Waals surface area contributed by atoms with E-state index in [0.717, 1.165) is 43.2 Å². The Bertz CT molecular complexity index is 926. The number of fused-ring (bicyclic) bond motifs is 3. The number of nitrogens with one attached hydrogen (secondary N) is 1. The molecule has 1 aromatic heterocycles. The number of para-hydroxylation sites is 1. The van der Waals surface area contributed by atoms with Gasteiger partial charge in [-0.05, 0) is 42.9 Å². The van der Waals surface area contributed by atoms with Crippen molar-refractivity contribution in [3.63, 3.8) is 0 Å². The molecule has 3 aliphatic carbocycles. The zero-order valence-corrected chi connectivity index (χ0v) is 15.9. The van der Waals surface area contributed by atoms with Crippen LogP contribution in [0.5, 0.6) is 5.75 Å². The summed E-state index contributed by atoms with van der Waals surface area (Å²) in [5.74, 6) is 1.08. The number of hydrogen-bond acceptors (Lipinski definition) is 7. The summed E-state index contributed by atoms with van der Waals surface area (Å²) < 4.78 is 0. The van der Waals surface area contributed by atoms with Gasteiger partial charge in [0.25, 0.3) is 0 Å². The van der Waals surface area contributed by atoms with Gasteiger partial charge in [0.05, 0.1) is 17.4 Å². The van der Waals surface area contributed by atoms with Crippen LogP contribution in [0, 0.1) is 5.41 Å². The van der Waals surface area contributed by atoms with E-state index in [-0.39, 0.29) is 11.3 Å². The predicted octanol–water partition coefficient (Wildman–Crippen LogP) is 1.65. The van der Waals surface area contributed by atoms with Gasteiger partial charge in [-0.15, -0.1) is 10.2 Å². The second-order valence-electron chi connectivity index (χ2n) is 9.34. The summed E-state index contributed by atoms with van der Waals surface area (Å²) in [5, 5.41) is 22.4. The largest absolute Gasteiger partial charge is 0.507 e. The minimum atomic E-state index is 0.186. The molecule has 1 atom stereocenters. The lowest BCUT2D eigenvalue weighted by atomic mass is 9.39. The highest BCUT2D eigenvalue weighted by Crippen LogP contribution is 2.66. The smallest absolute Gasteiger partial charge is 0.172 e. The first kappa shape index (κ1) is 16.6. The molecule has 1 aromatic carbocycles. The highest BCUT2D eigenvalue weighted by molar-refractivity contribution is 5.76. The van der Waals surface area contributed by atoms with E-state index in [2.05, 4.69) is 31.4 Å². The van der Waals surface area contributed by atoms with Crippen molar-refractivity contribution in [1.82, 2.24) is 15.1 Å². The minimum Gasteiger partial charge on any atom is -0.507 e. The van der Waals surface area contributed by atoms with Gasteiger partial charge in [-0.25, -0.2) is 0 Å². The summed E-state index contributed by atoms with van der Waals surface area (Å²) in [6.45, 7) is 5.22. The van der Waals surface area contributed by atoms with E-state index in [0.29, 0.717) is 17.2 Å². The highest BCUT2D eigenvalue weighted by atomic mass is 16.3. The third-order valence-corrected chi connectivity index (χ3v) is 7.08. The average molecular weight is 378 g/mol. The number of anilines is 2. The standard InChI is InChI=1S/C21H26N6O/c22-21-10-20(11-21,12-21)13-26-5-6-27-14(9-26)8-23-19-17(27)7-16(24-25-19)15-3-1-2-4-18(15)28/h1-4,7,14,28H,5-6,8-13,22H2,(H,23,25)/t14-,20?,21?/m0/s1. The van der Waals surface area contributed by atoms with E-state index in [1.807, 2.05) is 18.2 Å². The van der Waals surface area contributed by atoms with Gasteiger partial charge in [-0.3, -0.25) is 4.90 Å². The molecule has 5 aliphatic rings. The van der Waals surface area contributed by atoms with Gasteiger partial charge < -0.3 is 21.1 Å². The number of phenolic OH excluding ortho intramolecular Hbond substituents is 1. The number of aromatic hydroxyl groups is 1. The van der Waals surface area contributed by atoms with Gasteiger partial charge in [0.1, 0.15) is 5.75 Å². The summed E-state index contributed by atoms with van der Waals surface area (Å²) in [5.41, 5.74) is 9.47. The molecular formula is C21H26N6O. The second kappa shape index (κ2) is 5.58. The zero-order valence-electron chi connectivity index (χ0n) is 15.9. The number of nitrogens with zero attached hydrogens (tertiary/aromatic N) is 4. The summed E-state index contributed by atoms with van der Waals surface area (Å²) >= 11 is 0. The van der Waals surface area contributed by atoms with Crippen LogP contribution in [0.1, 0.15) is 19.3 Å². The van der Waals surface area contributed by atoms with Crippen LogP contribution in [0.2, 0.25) is 0 Å². The lowest BCUT2D eigenvalue weighted by Crippen LogP contribution is -2.75. The maximum Gasteiger partial charge on any atom is 0.172 e. The van der Waals surface area contributed by atoms with Gasteiger partial charge in [-0.2, -0.15) is 0 Å². The molecule has 4 N–H and O–H groups in total. The van der Waals surface area contributed by atoms with Crippen molar-refractivity contribution in [1.29, 1.82) is 0 Å². The molecule has 7 heteroatoms. The fourth-order valence-electron chi connectivity index (χ4n) is 6.05. The first-order valence-corrected chi connectivity index (χ1v) is 10.2. The van der Waals surface area contributed by atoms with E-state index in [1.54, 1.807) is 6.07 Å². The molecule has 2 bridgehead atoms. The Labute approximate surface area is 164 Å². The monoisotopic (exact) mass is 378 g/mol. The van der Waals surface area contributed by atoms with Gasteiger partial charge in [-0.1, -0.05) is 12.1 Å². The number of piperazine rings is 1. The number of phenols is 1. The number of nitrogens with two attached hydrogens (primary N) is 1. The Morgan fingerprint density at radius 3 is 2.79 bits per heavy atom. The molecule has 7 rings (SSSR count). The lowest BCUT2D eigenvalue weighted by Gasteiger charge is -2.70. The minimum absolute atomic E-state index is 0.186. The average Bonchev–Trinajstić information content (AvgIpc) is 2.65. The molecule has 0 radical (unpaired) electrons. The van der Waals surface area contributed by atoms with E-state index in [9.17, 15) is 5.11 Å². The topological polar surface area (TPSA) is 90.5 Å². The molecular weight excluding hydrogens is 352 g/mol. The van der Waals surface area contributed by atoms with Gasteiger partial charge in [0, 0.05) is 43.8 Å². The summed E-state index contributed by atoms with van der Waals surface area (Å²) in [7, 11) is 0. The lowest BCUT2D eigenvalue weighted by molar-refractivity contribution is -0.147. The molecule has 7 nitrogen and oxygen atoms in total. The Hall–Kier alpha value is -2.38. The van der Waals surface area contributed by atoms with Crippen molar-refractivity contribution in [2.24, 2.45) is 11.1 Å². The molecule has 2 aromatic rings. The summed E-state index contributed by atoms with van der Waals surface area (Å²) in [4.78, 5) is 5.10. The molecule has 28 heavy (non-hydrogen) atoms. The molecule has 146 valence electrons. The third-order valence-electron chi connectivity index (χ3n) is 7.08. The van der Waals surface area contributed by atoms with Crippen molar-refractivity contribution in [3.8, 4) is 17.0 Å². The zero-order chi connectivity index (χ0) is 18.9. The second-order valence-corrected chi connectivity index (χ2v) is 9.34. The molecule has 0 unspecified atom stereocenters. The van der Waals surface area contributed by atoms with E-state index >= 15 is 0 Å². The molecule has 4 fully saturated rings. The number of benzene rings is 1. The van der Waals surface area contributed by atoms with Crippen LogP contribution in [0.3, 0.4) is 0 Å². The molecule has 3 saturated carbocycles. The van der Waals surface area contributed by atoms with Crippen molar-refractivity contribution in [3.05, 3.63) is 30.3 Å². The first-order chi connectivity index (χ1) is 13.5. The van der Waals surface area contributed by atoms with Crippen molar-refractivity contribution >= 4 is 11.5 Å². The van der Waals surface area contributed by atoms with E-state index in [1.165, 1.54) is 25.8 Å². The fourth-order valence-corrected chi connectivity index (χ4v) is 6.05.